The van der Waals surface area contributed by atoms with E-state index in [4.69, 9.17) is 21.3 Å². The third-order valence-corrected chi connectivity index (χ3v) is 5.53. The third kappa shape index (κ3) is 4.38. The first kappa shape index (κ1) is 19.7. The van der Waals surface area contributed by atoms with Crippen molar-refractivity contribution in [2.24, 2.45) is 0 Å². The fourth-order valence-corrected chi connectivity index (χ4v) is 3.87. The van der Waals surface area contributed by atoms with Crippen molar-refractivity contribution in [1.82, 2.24) is 9.55 Å². The number of rotatable bonds is 7. The Hall–Kier alpha value is -2.59. The molecule has 0 saturated heterocycles. The predicted octanol–water partition coefficient (Wildman–Crippen LogP) is 5.95. The molecule has 0 spiro atoms. The lowest BCUT2D eigenvalue weighted by Crippen LogP contribution is -2.20. The summed E-state index contributed by atoms with van der Waals surface area (Å²) in [6.07, 6.45) is 7.70. The highest BCUT2D eigenvalue weighted by molar-refractivity contribution is 6.31. The molecule has 29 heavy (non-hydrogen) atoms. The first-order valence-electron chi connectivity index (χ1n) is 10.3. The number of benzene rings is 2. The van der Waals surface area contributed by atoms with Crippen molar-refractivity contribution in [3.05, 3.63) is 69.2 Å². The van der Waals surface area contributed by atoms with Gasteiger partial charge < -0.3 is 4.74 Å². The number of halogens is 1. The minimum atomic E-state index is -0.00288. The normalized spacial score (nSPS) is 14.5. The van der Waals surface area contributed by atoms with Crippen LogP contribution in [0.2, 0.25) is 5.02 Å². The van der Waals surface area contributed by atoms with Gasteiger partial charge in [-0.2, -0.15) is 0 Å². The molecule has 0 saturated carbocycles. The summed E-state index contributed by atoms with van der Waals surface area (Å²) < 4.78 is 7.58. The average molecular weight is 409 g/mol. The van der Waals surface area contributed by atoms with E-state index in [-0.39, 0.29) is 5.56 Å². The van der Waals surface area contributed by atoms with Crippen LogP contribution < -0.4 is 10.3 Å². The average Bonchev–Trinajstić information content (AvgIpc) is 3.12. The lowest BCUT2D eigenvalue weighted by molar-refractivity contribution is 0.305. The van der Waals surface area contributed by atoms with Gasteiger partial charge in [-0.05, 0) is 60.4 Å². The third-order valence-electron chi connectivity index (χ3n) is 5.30. The maximum Gasteiger partial charge on any atom is 0.261 e. The molecule has 4 rings (SSSR count). The first-order valence-corrected chi connectivity index (χ1v) is 10.7. The monoisotopic (exact) mass is 408 g/mol. The molecule has 0 aliphatic carbocycles. The summed E-state index contributed by atoms with van der Waals surface area (Å²) in [5.74, 6) is 1.63. The molecule has 3 aromatic rings. The Morgan fingerprint density at radius 2 is 1.97 bits per heavy atom. The van der Waals surface area contributed by atoms with E-state index in [0.29, 0.717) is 22.5 Å². The second-order valence-electron chi connectivity index (χ2n) is 7.45. The van der Waals surface area contributed by atoms with Gasteiger partial charge in [0.05, 0.1) is 17.5 Å². The van der Waals surface area contributed by atoms with Gasteiger partial charge in [0, 0.05) is 11.6 Å². The molecule has 5 heteroatoms. The number of ether oxygens (including phenoxy) is 1. The molecule has 4 nitrogen and oxygen atoms in total. The minimum absolute atomic E-state index is 0.00288. The minimum Gasteiger partial charge on any atom is -0.494 e. The van der Waals surface area contributed by atoms with Crippen molar-refractivity contribution < 1.29 is 4.74 Å². The highest BCUT2D eigenvalue weighted by Gasteiger charge is 2.20. The van der Waals surface area contributed by atoms with Gasteiger partial charge in [-0.25, -0.2) is 4.98 Å². The van der Waals surface area contributed by atoms with Gasteiger partial charge >= 0.3 is 0 Å². The largest absolute Gasteiger partial charge is 0.494 e. The van der Waals surface area contributed by atoms with E-state index in [0.717, 1.165) is 42.2 Å². The molecular weight excluding hydrogens is 384 g/mol. The van der Waals surface area contributed by atoms with E-state index in [1.165, 1.54) is 19.3 Å². The van der Waals surface area contributed by atoms with Crippen LogP contribution in [0.3, 0.4) is 0 Å². The molecule has 2 heterocycles. The fraction of sp³-hybridized carbons (Fsp3) is 0.333. The van der Waals surface area contributed by atoms with Crippen LogP contribution in [-0.4, -0.2) is 16.2 Å². The van der Waals surface area contributed by atoms with E-state index >= 15 is 0 Å². The number of nitrogens with zero attached hydrogens (tertiary/aromatic N) is 2. The van der Waals surface area contributed by atoms with Crippen LogP contribution in [0, 0.1) is 0 Å². The summed E-state index contributed by atoms with van der Waals surface area (Å²) in [5.41, 5.74) is 2.79. The molecule has 1 aliphatic heterocycles. The van der Waals surface area contributed by atoms with Crippen LogP contribution in [0.15, 0.2) is 47.3 Å². The Labute approximate surface area is 175 Å². The lowest BCUT2D eigenvalue weighted by Gasteiger charge is -2.07. The summed E-state index contributed by atoms with van der Waals surface area (Å²) in [7, 11) is 0. The number of allylic oxidation sites excluding steroid dienone is 1. The molecule has 1 aliphatic rings. The van der Waals surface area contributed by atoms with Crippen LogP contribution >= 0.6 is 11.6 Å². The van der Waals surface area contributed by atoms with Gasteiger partial charge in [0.1, 0.15) is 11.6 Å². The van der Waals surface area contributed by atoms with Gasteiger partial charge in [0.25, 0.3) is 5.56 Å². The van der Waals surface area contributed by atoms with E-state index in [1.54, 1.807) is 22.8 Å². The van der Waals surface area contributed by atoms with E-state index in [2.05, 4.69) is 13.0 Å². The van der Waals surface area contributed by atoms with Gasteiger partial charge in [-0.3, -0.25) is 9.36 Å². The molecule has 0 fully saturated rings. The molecule has 0 radical (unpaired) electrons. The van der Waals surface area contributed by atoms with Crippen molar-refractivity contribution >= 4 is 34.2 Å². The van der Waals surface area contributed by atoms with E-state index in [9.17, 15) is 4.79 Å². The topological polar surface area (TPSA) is 44.1 Å². The van der Waals surface area contributed by atoms with Crippen LogP contribution in [0.25, 0.3) is 22.6 Å². The smallest absolute Gasteiger partial charge is 0.261 e. The zero-order chi connectivity index (χ0) is 20.2. The Bertz CT molecular complexity index is 1100. The molecule has 0 atom stereocenters. The molecule has 0 amide bonds. The maximum atomic E-state index is 12.8. The zero-order valence-corrected chi connectivity index (χ0v) is 17.4. The highest BCUT2D eigenvalue weighted by Crippen LogP contribution is 2.28. The van der Waals surface area contributed by atoms with E-state index < -0.39 is 0 Å². The first-order chi connectivity index (χ1) is 14.2. The second kappa shape index (κ2) is 8.83. The zero-order valence-electron chi connectivity index (χ0n) is 16.7. The molecule has 0 N–H and O–H groups in total. The van der Waals surface area contributed by atoms with Crippen LogP contribution in [0.1, 0.15) is 50.4 Å². The Morgan fingerprint density at radius 1 is 1.14 bits per heavy atom. The number of hydrogen-bond donors (Lipinski definition) is 0. The van der Waals surface area contributed by atoms with Crippen molar-refractivity contribution in [2.75, 3.05) is 6.61 Å². The Kier molecular flexibility index (Phi) is 6.00. The highest BCUT2D eigenvalue weighted by atomic mass is 35.5. The van der Waals surface area contributed by atoms with Gasteiger partial charge in [0.15, 0.2) is 0 Å². The molecular formula is C24H25ClN2O2. The second-order valence-corrected chi connectivity index (χ2v) is 7.89. The summed E-state index contributed by atoms with van der Waals surface area (Å²) in [6.45, 7) is 3.63. The van der Waals surface area contributed by atoms with Gasteiger partial charge in [-0.1, -0.05) is 49.9 Å². The molecule has 1 aromatic heterocycles. The van der Waals surface area contributed by atoms with Gasteiger partial charge in [0.2, 0.25) is 0 Å². The number of fused-ring (bicyclic) bond motifs is 2. The summed E-state index contributed by atoms with van der Waals surface area (Å²) in [6, 6.07) is 13.3. The van der Waals surface area contributed by atoms with Crippen molar-refractivity contribution in [3.8, 4) is 5.75 Å². The Balaban J connectivity index is 1.53. The summed E-state index contributed by atoms with van der Waals surface area (Å²) in [4.78, 5) is 17.5. The molecule has 150 valence electrons. The Morgan fingerprint density at radius 3 is 2.76 bits per heavy atom. The van der Waals surface area contributed by atoms with Crippen LogP contribution in [0.5, 0.6) is 5.75 Å². The molecule has 0 bridgehead atoms. The van der Waals surface area contributed by atoms with E-state index in [1.807, 2.05) is 24.3 Å². The number of aromatic nitrogens is 2. The maximum absolute atomic E-state index is 12.8. The SMILES string of the molecule is CCCCCCOc1ccc(/C=C2\CCn3c2nc2cc(Cl)ccc2c3=O)cc1. The summed E-state index contributed by atoms with van der Waals surface area (Å²) in [5, 5.41) is 1.20. The van der Waals surface area contributed by atoms with Crippen LogP contribution in [0.4, 0.5) is 0 Å². The quantitative estimate of drug-likeness (QED) is 0.453. The molecule has 0 unspecified atom stereocenters. The number of unbranched alkanes of at least 4 members (excludes halogenated alkanes) is 3. The fourth-order valence-electron chi connectivity index (χ4n) is 3.71. The van der Waals surface area contributed by atoms with Crippen molar-refractivity contribution in [3.63, 3.8) is 0 Å². The van der Waals surface area contributed by atoms with Crippen molar-refractivity contribution in [1.29, 1.82) is 0 Å². The van der Waals surface area contributed by atoms with Gasteiger partial charge in [-0.15, -0.1) is 0 Å². The lowest BCUT2D eigenvalue weighted by atomic mass is 10.1. The summed E-state index contributed by atoms with van der Waals surface area (Å²) >= 11 is 6.09. The number of hydrogen-bond acceptors (Lipinski definition) is 3. The standard InChI is InChI=1S/C24H25ClN2O2/c1-2-3-4-5-14-29-20-9-6-17(7-10-20)15-18-12-13-27-23(18)26-22-16-19(25)8-11-21(22)24(27)28/h6-11,15-16H,2-5,12-14H2,1H3/b18-15+. The van der Waals surface area contributed by atoms with Crippen molar-refractivity contribution in [2.45, 2.75) is 45.6 Å². The van der Waals surface area contributed by atoms with Crippen LogP contribution in [-0.2, 0) is 6.54 Å². The molecule has 2 aromatic carbocycles. The predicted molar refractivity (Wildman–Crippen MR) is 120 cm³/mol.